The number of thiazole rings is 1. The summed E-state index contributed by atoms with van der Waals surface area (Å²) < 4.78 is 42.2. The van der Waals surface area contributed by atoms with Gasteiger partial charge in [0.1, 0.15) is 5.82 Å². The molecule has 0 aliphatic heterocycles. The van der Waals surface area contributed by atoms with Crippen LogP contribution in [0.15, 0.2) is 71.6 Å². The Hall–Kier alpha value is -3.30. The first-order valence-electron chi connectivity index (χ1n) is 8.88. The molecule has 0 aliphatic rings. The number of nitrogens with zero attached hydrogens (tertiary/aromatic N) is 1. The molecular weight excluding hydrogens is 425 g/mol. The summed E-state index contributed by atoms with van der Waals surface area (Å²) in [5.74, 6) is -1.03. The van der Waals surface area contributed by atoms with Crippen molar-refractivity contribution >= 4 is 48.3 Å². The van der Waals surface area contributed by atoms with Crippen molar-refractivity contribution < 1.29 is 17.6 Å². The molecule has 1 amide bonds. The molecule has 3 aromatic carbocycles. The summed E-state index contributed by atoms with van der Waals surface area (Å²) in [6, 6.07) is 17.2. The van der Waals surface area contributed by atoms with E-state index in [4.69, 9.17) is 0 Å². The number of carbonyl (C=O) groups is 1. The van der Waals surface area contributed by atoms with E-state index in [0.29, 0.717) is 10.7 Å². The van der Waals surface area contributed by atoms with Gasteiger partial charge in [-0.15, -0.1) is 0 Å². The van der Waals surface area contributed by atoms with E-state index < -0.39 is 21.7 Å². The van der Waals surface area contributed by atoms with Crippen LogP contribution in [0, 0.1) is 12.7 Å². The monoisotopic (exact) mass is 441 g/mol. The molecule has 6 nitrogen and oxygen atoms in total. The second kappa shape index (κ2) is 7.85. The lowest BCUT2D eigenvalue weighted by Crippen LogP contribution is -2.15. The summed E-state index contributed by atoms with van der Waals surface area (Å²) in [5.41, 5.74) is 1.57. The van der Waals surface area contributed by atoms with Crippen LogP contribution in [0.1, 0.15) is 15.9 Å². The molecule has 2 N–H and O–H groups in total. The summed E-state index contributed by atoms with van der Waals surface area (Å²) >= 11 is 1.34. The predicted octanol–water partition coefficient (Wildman–Crippen LogP) is 4.80. The topological polar surface area (TPSA) is 88.2 Å². The number of fused-ring (bicyclic) bond motifs is 1. The number of halogens is 1. The van der Waals surface area contributed by atoms with Crippen LogP contribution in [0.5, 0.6) is 0 Å². The number of sulfonamides is 1. The van der Waals surface area contributed by atoms with Gasteiger partial charge in [0.05, 0.1) is 15.1 Å². The average molecular weight is 442 g/mol. The van der Waals surface area contributed by atoms with Crippen molar-refractivity contribution in [2.45, 2.75) is 11.8 Å². The number of rotatable bonds is 5. The van der Waals surface area contributed by atoms with Gasteiger partial charge in [0.25, 0.3) is 15.9 Å². The SMILES string of the molecule is Cc1ccc(S(=O)(=O)Nc2cccc(C(=O)Nc3nc4ccccc4s3)c2)cc1F. The highest BCUT2D eigenvalue weighted by atomic mass is 32.2. The third kappa shape index (κ3) is 4.17. The predicted molar refractivity (Wildman–Crippen MR) is 116 cm³/mol. The van der Waals surface area contributed by atoms with E-state index >= 15 is 0 Å². The Bertz CT molecular complexity index is 1330. The Balaban J connectivity index is 1.54. The molecular formula is C21H16FN3O3S2. The maximum absolute atomic E-state index is 13.8. The molecule has 1 aromatic heterocycles. The minimum absolute atomic E-state index is 0.188. The fourth-order valence-electron chi connectivity index (χ4n) is 2.77. The lowest BCUT2D eigenvalue weighted by atomic mass is 10.2. The summed E-state index contributed by atoms with van der Waals surface area (Å²) in [5, 5.41) is 3.17. The number of hydrogen-bond acceptors (Lipinski definition) is 5. The van der Waals surface area contributed by atoms with E-state index in [0.717, 1.165) is 16.3 Å². The third-order valence-electron chi connectivity index (χ3n) is 4.34. The van der Waals surface area contributed by atoms with Crippen molar-refractivity contribution in [3.63, 3.8) is 0 Å². The lowest BCUT2D eigenvalue weighted by molar-refractivity contribution is 0.102. The Kier molecular flexibility index (Phi) is 5.23. The van der Waals surface area contributed by atoms with Crippen molar-refractivity contribution in [3.05, 3.63) is 83.7 Å². The molecule has 0 fully saturated rings. The van der Waals surface area contributed by atoms with Crippen molar-refractivity contribution in [2.75, 3.05) is 10.0 Å². The highest BCUT2D eigenvalue weighted by molar-refractivity contribution is 7.92. The first-order chi connectivity index (χ1) is 14.3. The zero-order valence-corrected chi connectivity index (χ0v) is 17.4. The quantitative estimate of drug-likeness (QED) is 0.466. The summed E-state index contributed by atoms with van der Waals surface area (Å²) in [4.78, 5) is 16.7. The molecule has 0 saturated carbocycles. The summed E-state index contributed by atoms with van der Waals surface area (Å²) in [6.07, 6.45) is 0. The van der Waals surface area contributed by atoms with Crippen molar-refractivity contribution in [3.8, 4) is 0 Å². The molecule has 30 heavy (non-hydrogen) atoms. The maximum atomic E-state index is 13.8. The van der Waals surface area contributed by atoms with Crippen LogP contribution in [0.3, 0.4) is 0 Å². The van der Waals surface area contributed by atoms with E-state index in [1.807, 2.05) is 24.3 Å². The zero-order valence-electron chi connectivity index (χ0n) is 15.7. The number of aromatic nitrogens is 1. The Morgan fingerprint density at radius 1 is 1.03 bits per heavy atom. The number of carbonyl (C=O) groups excluding carboxylic acids is 1. The number of nitrogens with one attached hydrogen (secondary N) is 2. The molecule has 1 heterocycles. The van der Waals surface area contributed by atoms with Crippen LogP contribution < -0.4 is 10.0 Å². The molecule has 0 bridgehead atoms. The van der Waals surface area contributed by atoms with Gasteiger partial charge in [0.2, 0.25) is 0 Å². The van der Waals surface area contributed by atoms with Crippen LogP contribution in [0.2, 0.25) is 0 Å². The summed E-state index contributed by atoms with van der Waals surface area (Å²) in [6.45, 7) is 1.55. The molecule has 4 aromatic rings. The van der Waals surface area contributed by atoms with E-state index in [1.165, 1.54) is 35.6 Å². The third-order valence-corrected chi connectivity index (χ3v) is 6.68. The standard InChI is InChI=1S/C21H16FN3O3S2/c1-13-9-10-16(12-17(13)22)30(27,28)25-15-6-4-5-14(11-15)20(26)24-21-23-18-7-2-3-8-19(18)29-21/h2-12,25H,1H3,(H,23,24,26). The highest BCUT2D eigenvalue weighted by Crippen LogP contribution is 2.26. The van der Waals surface area contributed by atoms with Crippen LogP contribution in [0.25, 0.3) is 10.2 Å². The molecule has 0 unspecified atom stereocenters. The van der Waals surface area contributed by atoms with Crippen LogP contribution >= 0.6 is 11.3 Å². The number of hydrogen-bond donors (Lipinski definition) is 2. The van der Waals surface area contributed by atoms with E-state index in [2.05, 4.69) is 15.0 Å². The van der Waals surface area contributed by atoms with Gasteiger partial charge < -0.3 is 0 Å². The fourth-order valence-corrected chi connectivity index (χ4v) is 4.70. The fraction of sp³-hybridized carbons (Fsp3) is 0.0476. The van der Waals surface area contributed by atoms with Crippen LogP contribution in [-0.2, 0) is 10.0 Å². The average Bonchev–Trinajstić information content (AvgIpc) is 3.12. The molecule has 0 saturated heterocycles. The molecule has 0 spiro atoms. The minimum Gasteiger partial charge on any atom is -0.298 e. The van der Waals surface area contributed by atoms with Gasteiger partial charge in [0.15, 0.2) is 5.13 Å². The highest BCUT2D eigenvalue weighted by Gasteiger charge is 2.17. The van der Waals surface area contributed by atoms with Crippen LogP contribution in [0.4, 0.5) is 15.2 Å². The lowest BCUT2D eigenvalue weighted by Gasteiger charge is -2.10. The second-order valence-corrected chi connectivity index (χ2v) is 9.25. The number of anilines is 2. The van der Waals surface area contributed by atoms with Gasteiger partial charge in [-0.05, 0) is 55.0 Å². The Morgan fingerprint density at radius 3 is 2.60 bits per heavy atom. The molecule has 0 radical (unpaired) electrons. The molecule has 4 rings (SSSR count). The van der Waals surface area contributed by atoms with Crippen molar-refractivity contribution in [1.82, 2.24) is 4.98 Å². The van der Waals surface area contributed by atoms with Gasteiger partial charge >= 0.3 is 0 Å². The molecule has 9 heteroatoms. The summed E-state index contributed by atoms with van der Waals surface area (Å²) in [7, 11) is -4.00. The van der Waals surface area contributed by atoms with Crippen molar-refractivity contribution in [2.24, 2.45) is 0 Å². The first kappa shape index (κ1) is 20.0. The van der Waals surface area contributed by atoms with Gasteiger partial charge in [0, 0.05) is 11.3 Å². The Labute approximate surface area is 176 Å². The normalized spacial score (nSPS) is 11.4. The first-order valence-corrected chi connectivity index (χ1v) is 11.2. The second-order valence-electron chi connectivity index (χ2n) is 6.54. The maximum Gasteiger partial charge on any atom is 0.261 e. The number of benzene rings is 3. The van der Waals surface area contributed by atoms with E-state index in [-0.39, 0.29) is 16.1 Å². The number of amides is 1. The van der Waals surface area contributed by atoms with Crippen molar-refractivity contribution in [1.29, 1.82) is 0 Å². The van der Waals surface area contributed by atoms with Gasteiger partial charge in [-0.1, -0.05) is 35.6 Å². The van der Waals surface area contributed by atoms with Gasteiger partial charge in [-0.3, -0.25) is 14.8 Å². The van der Waals surface area contributed by atoms with E-state index in [1.54, 1.807) is 19.1 Å². The number of para-hydroxylation sites is 1. The molecule has 152 valence electrons. The van der Waals surface area contributed by atoms with Crippen LogP contribution in [-0.4, -0.2) is 19.3 Å². The molecule has 0 atom stereocenters. The Morgan fingerprint density at radius 2 is 1.83 bits per heavy atom. The minimum atomic E-state index is -4.00. The van der Waals surface area contributed by atoms with Gasteiger partial charge in [-0.25, -0.2) is 17.8 Å². The van der Waals surface area contributed by atoms with Gasteiger partial charge in [-0.2, -0.15) is 0 Å². The molecule has 0 aliphatic carbocycles. The van der Waals surface area contributed by atoms with E-state index in [9.17, 15) is 17.6 Å². The zero-order chi connectivity index (χ0) is 21.3. The smallest absolute Gasteiger partial charge is 0.261 e. The largest absolute Gasteiger partial charge is 0.298 e. The number of aryl methyl sites for hydroxylation is 1.